The second-order valence-electron chi connectivity index (χ2n) is 4.79. The highest BCUT2D eigenvalue weighted by Gasteiger charge is 2.15. The molecule has 2 aromatic carbocycles. The number of rotatable bonds is 4. The zero-order valence-corrected chi connectivity index (χ0v) is 12.1. The third-order valence-electron chi connectivity index (χ3n) is 3.25. The Morgan fingerprint density at radius 3 is 2.20 bits per heavy atom. The summed E-state index contributed by atoms with van der Waals surface area (Å²) in [5.41, 5.74) is 3.12. The standard InChI is InChI=1S/C17H19NO2/c1-13-8-7-9-14(2)17(13)18(3)16(19)12-20-15-10-5-4-6-11-15/h4-11H,12H2,1-3H3. The molecule has 0 unspecified atom stereocenters. The predicted molar refractivity (Wildman–Crippen MR) is 81.3 cm³/mol. The molecule has 0 aromatic heterocycles. The van der Waals surface area contributed by atoms with Crippen LogP contribution in [0.5, 0.6) is 5.75 Å². The van der Waals surface area contributed by atoms with E-state index in [1.807, 2.05) is 62.4 Å². The molecule has 20 heavy (non-hydrogen) atoms. The Labute approximate surface area is 119 Å². The minimum atomic E-state index is -0.0637. The van der Waals surface area contributed by atoms with Crippen molar-refractivity contribution in [3.05, 3.63) is 59.7 Å². The molecule has 1 amide bonds. The van der Waals surface area contributed by atoms with Crippen LogP contribution in [-0.4, -0.2) is 19.6 Å². The normalized spacial score (nSPS) is 10.2. The van der Waals surface area contributed by atoms with Gasteiger partial charge in [0.1, 0.15) is 5.75 Å². The highest BCUT2D eigenvalue weighted by molar-refractivity contribution is 5.95. The zero-order chi connectivity index (χ0) is 14.5. The van der Waals surface area contributed by atoms with Gasteiger partial charge < -0.3 is 9.64 Å². The van der Waals surface area contributed by atoms with E-state index >= 15 is 0 Å². The van der Waals surface area contributed by atoms with Crippen LogP contribution in [-0.2, 0) is 4.79 Å². The number of likely N-dealkylation sites (N-methyl/N-ethyl adjacent to an activating group) is 1. The van der Waals surface area contributed by atoms with Gasteiger partial charge in [-0.15, -0.1) is 0 Å². The molecule has 0 aliphatic carbocycles. The number of ether oxygens (including phenoxy) is 1. The van der Waals surface area contributed by atoms with Crippen molar-refractivity contribution in [2.75, 3.05) is 18.6 Å². The molecule has 0 spiro atoms. The maximum Gasteiger partial charge on any atom is 0.264 e. The summed E-state index contributed by atoms with van der Waals surface area (Å²) < 4.78 is 5.50. The fourth-order valence-corrected chi connectivity index (χ4v) is 2.22. The van der Waals surface area contributed by atoms with Crippen molar-refractivity contribution in [1.82, 2.24) is 0 Å². The van der Waals surface area contributed by atoms with E-state index in [1.54, 1.807) is 11.9 Å². The van der Waals surface area contributed by atoms with Gasteiger partial charge in [0, 0.05) is 12.7 Å². The van der Waals surface area contributed by atoms with Crippen molar-refractivity contribution in [3.63, 3.8) is 0 Å². The van der Waals surface area contributed by atoms with E-state index in [0.29, 0.717) is 5.75 Å². The van der Waals surface area contributed by atoms with Crippen LogP contribution in [0.25, 0.3) is 0 Å². The van der Waals surface area contributed by atoms with Crippen molar-refractivity contribution < 1.29 is 9.53 Å². The number of benzene rings is 2. The van der Waals surface area contributed by atoms with Crippen LogP contribution in [0.2, 0.25) is 0 Å². The first-order valence-electron chi connectivity index (χ1n) is 6.60. The smallest absolute Gasteiger partial charge is 0.264 e. The van der Waals surface area contributed by atoms with E-state index in [2.05, 4.69) is 0 Å². The Kier molecular flexibility index (Phi) is 4.41. The van der Waals surface area contributed by atoms with Gasteiger partial charge in [0.25, 0.3) is 5.91 Å². The van der Waals surface area contributed by atoms with E-state index in [1.165, 1.54) is 0 Å². The number of amides is 1. The summed E-state index contributed by atoms with van der Waals surface area (Å²) in [6.45, 7) is 4.04. The first-order chi connectivity index (χ1) is 9.59. The quantitative estimate of drug-likeness (QED) is 0.852. The Morgan fingerprint density at radius 2 is 1.60 bits per heavy atom. The Balaban J connectivity index is 2.06. The van der Waals surface area contributed by atoms with Crippen molar-refractivity contribution in [2.45, 2.75) is 13.8 Å². The van der Waals surface area contributed by atoms with E-state index in [4.69, 9.17) is 4.74 Å². The van der Waals surface area contributed by atoms with Crippen LogP contribution >= 0.6 is 0 Å². The Hall–Kier alpha value is -2.29. The molecule has 0 bridgehead atoms. The summed E-state index contributed by atoms with van der Waals surface area (Å²) in [6, 6.07) is 15.4. The van der Waals surface area contributed by atoms with Crippen molar-refractivity contribution in [1.29, 1.82) is 0 Å². The molecular weight excluding hydrogens is 250 g/mol. The second kappa shape index (κ2) is 6.24. The van der Waals surface area contributed by atoms with Crippen LogP contribution in [0.3, 0.4) is 0 Å². The monoisotopic (exact) mass is 269 g/mol. The van der Waals surface area contributed by atoms with Gasteiger partial charge in [0.05, 0.1) is 0 Å². The molecule has 0 fully saturated rings. The molecule has 0 radical (unpaired) electrons. The van der Waals surface area contributed by atoms with Crippen molar-refractivity contribution in [3.8, 4) is 5.75 Å². The van der Waals surface area contributed by atoms with Crippen LogP contribution < -0.4 is 9.64 Å². The van der Waals surface area contributed by atoms with E-state index in [9.17, 15) is 4.79 Å². The molecule has 0 N–H and O–H groups in total. The number of para-hydroxylation sites is 2. The topological polar surface area (TPSA) is 29.5 Å². The number of carbonyl (C=O) groups excluding carboxylic acids is 1. The Bertz CT molecular complexity index is 573. The first kappa shape index (κ1) is 14.1. The molecule has 3 heteroatoms. The molecule has 3 nitrogen and oxygen atoms in total. The lowest BCUT2D eigenvalue weighted by molar-refractivity contribution is -0.120. The summed E-state index contributed by atoms with van der Waals surface area (Å²) in [7, 11) is 1.78. The number of aryl methyl sites for hydroxylation is 2. The van der Waals surface area contributed by atoms with Crippen LogP contribution in [0.4, 0.5) is 5.69 Å². The number of hydrogen-bond acceptors (Lipinski definition) is 2. The number of nitrogens with zero attached hydrogens (tertiary/aromatic N) is 1. The highest BCUT2D eigenvalue weighted by Crippen LogP contribution is 2.23. The Morgan fingerprint density at radius 1 is 1.00 bits per heavy atom. The maximum atomic E-state index is 12.2. The lowest BCUT2D eigenvalue weighted by Gasteiger charge is -2.21. The second-order valence-corrected chi connectivity index (χ2v) is 4.79. The maximum absolute atomic E-state index is 12.2. The van der Waals surface area contributed by atoms with Crippen molar-refractivity contribution >= 4 is 11.6 Å². The van der Waals surface area contributed by atoms with Gasteiger partial charge in [-0.2, -0.15) is 0 Å². The van der Waals surface area contributed by atoms with Crippen LogP contribution in [0.15, 0.2) is 48.5 Å². The average Bonchev–Trinajstić information content (AvgIpc) is 2.45. The molecule has 0 aliphatic heterocycles. The predicted octanol–water partition coefficient (Wildman–Crippen LogP) is 3.35. The van der Waals surface area contributed by atoms with Crippen LogP contribution in [0, 0.1) is 13.8 Å². The number of anilines is 1. The molecular formula is C17H19NO2. The van der Waals surface area contributed by atoms with Gasteiger partial charge in [-0.1, -0.05) is 36.4 Å². The van der Waals surface area contributed by atoms with E-state index < -0.39 is 0 Å². The fourth-order valence-electron chi connectivity index (χ4n) is 2.22. The fraction of sp³-hybridized carbons (Fsp3) is 0.235. The molecule has 0 atom stereocenters. The third-order valence-corrected chi connectivity index (χ3v) is 3.25. The van der Waals surface area contributed by atoms with E-state index in [0.717, 1.165) is 16.8 Å². The van der Waals surface area contributed by atoms with Gasteiger partial charge in [0.15, 0.2) is 6.61 Å². The average molecular weight is 269 g/mol. The summed E-state index contributed by atoms with van der Waals surface area (Å²) in [4.78, 5) is 13.9. The molecule has 0 aliphatic rings. The minimum Gasteiger partial charge on any atom is -0.484 e. The minimum absolute atomic E-state index is 0.0360. The molecule has 0 saturated heterocycles. The van der Waals surface area contributed by atoms with Gasteiger partial charge in [-0.05, 0) is 37.1 Å². The molecule has 104 valence electrons. The first-order valence-corrected chi connectivity index (χ1v) is 6.60. The zero-order valence-electron chi connectivity index (χ0n) is 12.1. The van der Waals surface area contributed by atoms with E-state index in [-0.39, 0.29) is 12.5 Å². The molecule has 0 saturated carbocycles. The SMILES string of the molecule is Cc1cccc(C)c1N(C)C(=O)COc1ccccc1. The summed E-state index contributed by atoms with van der Waals surface area (Å²) in [5, 5.41) is 0. The molecule has 2 aromatic rings. The lowest BCUT2D eigenvalue weighted by atomic mass is 10.1. The largest absolute Gasteiger partial charge is 0.484 e. The van der Waals surface area contributed by atoms with Gasteiger partial charge in [-0.25, -0.2) is 0 Å². The van der Waals surface area contributed by atoms with Gasteiger partial charge in [0.2, 0.25) is 0 Å². The highest BCUT2D eigenvalue weighted by atomic mass is 16.5. The summed E-state index contributed by atoms with van der Waals surface area (Å²) in [6.07, 6.45) is 0. The summed E-state index contributed by atoms with van der Waals surface area (Å²) in [5.74, 6) is 0.641. The summed E-state index contributed by atoms with van der Waals surface area (Å²) >= 11 is 0. The lowest BCUT2D eigenvalue weighted by Crippen LogP contribution is -2.32. The van der Waals surface area contributed by atoms with Crippen molar-refractivity contribution in [2.24, 2.45) is 0 Å². The number of carbonyl (C=O) groups is 1. The molecule has 2 rings (SSSR count). The molecule has 0 heterocycles. The van der Waals surface area contributed by atoms with Gasteiger partial charge in [-0.3, -0.25) is 4.79 Å². The van der Waals surface area contributed by atoms with Crippen LogP contribution in [0.1, 0.15) is 11.1 Å². The van der Waals surface area contributed by atoms with Gasteiger partial charge >= 0.3 is 0 Å². The number of hydrogen-bond donors (Lipinski definition) is 0. The third kappa shape index (κ3) is 3.18.